The van der Waals surface area contributed by atoms with Gasteiger partial charge in [0.15, 0.2) is 0 Å². The van der Waals surface area contributed by atoms with Crippen LogP contribution >= 0.6 is 0 Å². The average molecular weight is 290 g/mol. The molecule has 0 radical (unpaired) electrons. The van der Waals surface area contributed by atoms with Gasteiger partial charge in [0.25, 0.3) is 0 Å². The molecule has 1 aliphatic heterocycles. The minimum Gasteiger partial charge on any atom is -0.326 e. The number of piperazine rings is 1. The lowest BCUT2D eigenvalue weighted by Gasteiger charge is -2.29. The van der Waals surface area contributed by atoms with E-state index in [0.717, 1.165) is 51.5 Å². The maximum absolute atomic E-state index is 11.0. The molecule has 1 aromatic rings. The standard InChI is InChI=1S/C16H26N4O/c1-14(21)18-16-5-3-15(4-6-16)13-19(2)11-12-20-9-7-17-8-10-20/h3-6,17H,7-13H2,1-2H3,(H,18,21). The Kier molecular flexibility index (Phi) is 6.17. The van der Waals surface area contributed by atoms with E-state index in [1.165, 1.54) is 12.5 Å². The van der Waals surface area contributed by atoms with Crippen molar-refractivity contribution in [2.45, 2.75) is 13.5 Å². The molecule has 0 unspecified atom stereocenters. The average Bonchev–Trinajstić information content (AvgIpc) is 2.48. The van der Waals surface area contributed by atoms with Gasteiger partial charge in [0.2, 0.25) is 5.91 Å². The molecule has 2 N–H and O–H groups in total. The number of benzene rings is 1. The summed E-state index contributed by atoms with van der Waals surface area (Å²) in [6.45, 7) is 9.18. The van der Waals surface area contributed by atoms with Gasteiger partial charge in [-0.15, -0.1) is 0 Å². The van der Waals surface area contributed by atoms with Crippen LogP contribution in [0.5, 0.6) is 0 Å². The zero-order valence-corrected chi connectivity index (χ0v) is 13.1. The molecule has 116 valence electrons. The normalized spacial score (nSPS) is 16.1. The molecular formula is C16H26N4O. The lowest BCUT2D eigenvalue weighted by Crippen LogP contribution is -2.45. The summed E-state index contributed by atoms with van der Waals surface area (Å²) in [5.41, 5.74) is 2.13. The summed E-state index contributed by atoms with van der Waals surface area (Å²) in [5.74, 6) is -0.0316. The predicted molar refractivity (Wildman–Crippen MR) is 86.4 cm³/mol. The van der Waals surface area contributed by atoms with Gasteiger partial charge in [0.1, 0.15) is 0 Å². The second-order valence-electron chi connectivity index (χ2n) is 5.71. The highest BCUT2D eigenvalue weighted by Gasteiger charge is 2.10. The first-order chi connectivity index (χ1) is 10.1. The molecule has 1 saturated heterocycles. The van der Waals surface area contributed by atoms with E-state index >= 15 is 0 Å². The molecular weight excluding hydrogens is 264 g/mol. The minimum absolute atomic E-state index is 0.0316. The van der Waals surface area contributed by atoms with Gasteiger partial charge in [-0.05, 0) is 24.7 Å². The summed E-state index contributed by atoms with van der Waals surface area (Å²) in [7, 11) is 2.16. The minimum atomic E-state index is -0.0316. The van der Waals surface area contributed by atoms with E-state index in [4.69, 9.17) is 0 Å². The monoisotopic (exact) mass is 290 g/mol. The number of nitrogens with zero attached hydrogens (tertiary/aromatic N) is 2. The Morgan fingerprint density at radius 3 is 2.57 bits per heavy atom. The van der Waals surface area contributed by atoms with Crippen LogP contribution in [-0.4, -0.2) is 62.0 Å². The fourth-order valence-corrected chi connectivity index (χ4v) is 2.53. The van der Waals surface area contributed by atoms with Crippen LogP contribution in [0.4, 0.5) is 5.69 Å². The van der Waals surface area contributed by atoms with Crippen molar-refractivity contribution in [3.8, 4) is 0 Å². The van der Waals surface area contributed by atoms with E-state index in [2.05, 4.69) is 39.6 Å². The van der Waals surface area contributed by atoms with Crippen molar-refractivity contribution in [3.63, 3.8) is 0 Å². The summed E-state index contributed by atoms with van der Waals surface area (Å²) in [6, 6.07) is 8.07. The van der Waals surface area contributed by atoms with Crippen molar-refractivity contribution in [2.24, 2.45) is 0 Å². The van der Waals surface area contributed by atoms with E-state index in [1.54, 1.807) is 0 Å². The summed E-state index contributed by atoms with van der Waals surface area (Å²) in [5, 5.41) is 6.16. The Morgan fingerprint density at radius 2 is 1.95 bits per heavy atom. The van der Waals surface area contributed by atoms with Crippen LogP contribution < -0.4 is 10.6 Å². The van der Waals surface area contributed by atoms with Crippen LogP contribution in [-0.2, 0) is 11.3 Å². The van der Waals surface area contributed by atoms with Gasteiger partial charge in [0, 0.05) is 58.4 Å². The van der Waals surface area contributed by atoms with Crippen molar-refractivity contribution < 1.29 is 4.79 Å². The molecule has 0 aliphatic carbocycles. The first kappa shape index (κ1) is 15.9. The molecule has 21 heavy (non-hydrogen) atoms. The Labute approximate surface area is 127 Å². The van der Waals surface area contributed by atoms with Gasteiger partial charge < -0.3 is 15.5 Å². The van der Waals surface area contributed by atoms with Crippen molar-refractivity contribution >= 4 is 11.6 Å². The molecule has 0 spiro atoms. The van der Waals surface area contributed by atoms with Crippen LogP contribution in [0.1, 0.15) is 12.5 Å². The van der Waals surface area contributed by atoms with E-state index in [-0.39, 0.29) is 5.91 Å². The third-order valence-electron chi connectivity index (χ3n) is 3.73. The molecule has 5 heteroatoms. The Balaban J connectivity index is 1.73. The summed E-state index contributed by atoms with van der Waals surface area (Å²) < 4.78 is 0. The molecule has 1 heterocycles. The lowest BCUT2D eigenvalue weighted by molar-refractivity contribution is -0.114. The molecule has 1 aromatic carbocycles. The van der Waals surface area contributed by atoms with Gasteiger partial charge in [-0.25, -0.2) is 0 Å². The van der Waals surface area contributed by atoms with Crippen molar-refractivity contribution in [1.82, 2.24) is 15.1 Å². The quantitative estimate of drug-likeness (QED) is 0.820. The topological polar surface area (TPSA) is 47.6 Å². The summed E-state index contributed by atoms with van der Waals surface area (Å²) >= 11 is 0. The molecule has 5 nitrogen and oxygen atoms in total. The molecule has 0 bridgehead atoms. The molecule has 0 saturated carbocycles. The van der Waals surface area contributed by atoms with Crippen LogP contribution in [0, 0.1) is 0 Å². The second kappa shape index (κ2) is 8.12. The van der Waals surface area contributed by atoms with E-state index in [0.29, 0.717) is 0 Å². The number of anilines is 1. The number of carbonyl (C=O) groups is 1. The van der Waals surface area contributed by atoms with Crippen LogP contribution in [0.2, 0.25) is 0 Å². The number of nitrogens with one attached hydrogen (secondary N) is 2. The number of amides is 1. The second-order valence-corrected chi connectivity index (χ2v) is 5.71. The SMILES string of the molecule is CC(=O)Nc1ccc(CN(C)CCN2CCNCC2)cc1. The fourth-order valence-electron chi connectivity index (χ4n) is 2.53. The Hall–Kier alpha value is -1.43. The smallest absolute Gasteiger partial charge is 0.221 e. The molecule has 1 aliphatic rings. The zero-order valence-electron chi connectivity index (χ0n) is 13.1. The highest BCUT2D eigenvalue weighted by atomic mass is 16.1. The van der Waals surface area contributed by atoms with Crippen LogP contribution in [0.3, 0.4) is 0 Å². The molecule has 1 amide bonds. The van der Waals surface area contributed by atoms with E-state index in [9.17, 15) is 4.79 Å². The maximum atomic E-state index is 11.0. The van der Waals surface area contributed by atoms with Crippen molar-refractivity contribution in [1.29, 1.82) is 0 Å². The number of carbonyl (C=O) groups excluding carboxylic acids is 1. The Morgan fingerprint density at radius 1 is 1.29 bits per heavy atom. The van der Waals surface area contributed by atoms with Crippen molar-refractivity contribution in [3.05, 3.63) is 29.8 Å². The fraction of sp³-hybridized carbons (Fsp3) is 0.562. The van der Waals surface area contributed by atoms with Gasteiger partial charge >= 0.3 is 0 Å². The lowest BCUT2D eigenvalue weighted by atomic mass is 10.2. The highest BCUT2D eigenvalue weighted by Crippen LogP contribution is 2.11. The molecule has 2 rings (SSSR count). The maximum Gasteiger partial charge on any atom is 0.221 e. The molecule has 1 fully saturated rings. The van der Waals surface area contributed by atoms with Gasteiger partial charge in [-0.2, -0.15) is 0 Å². The van der Waals surface area contributed by atoms with Crippen LogP contribution in [0.25, 0.3) is 0 Å². The summed E-state index contributed by atoms with van der Waals surface area (Å²) in [4.78, 5) is 15.8. The van der Waals surface area contributed by atoms with E-state index < -0.39 is 0 Å². The number of rotatable bonds is 6. The highest BCUT2D eigenvalue weighted by molar-refractivity contribution is 5.88. The first-order valence-electron chi connectivity index (χ1n) is 7.61. The van der Waals surface area contributed by atoms with Gasteiger partial charge in [-0.3, -0.25) is 9.69 Å². The third kappa shape index (κ3) is 5.83. The van der Waals surface area contributed by atoms with Crippen LogP contribution in [0.15, 0.2) is 24.3 Å². The molecule has 0 aromatic heterocycles. The number of likely N-dealkylation sites (N-methyl/N-ethyl adjacent to an activating group) is 1. The first-order valence-corrected chi connectivity index (χ1v) is 7.61. The Bertz CT molecular complexity index is 440. The molecule has 0 atom stereocenters. The summed E-state index contributed by atoms with van der Waals surface area (Å²) in [6.07, 6.45) is 0. The third-order valence-corrected chi connectivity index (χ3v) is 3.73. The predicted octanol–water partition coefficient (Wildman–Crippen LogP) is 0.982. The zero-order chi connectivity index (χ0) is 15.1. The largest absolute Gasteiger partial charge is 0.326 e. The number of hydrogen-bond donors (Lipinski definition) is 2. The van der Waals surface area contributed by atoms with E-state index in [1.807, 2.05) is 12.1 Å². The van der Waals surface area contributed by atoms with Crippen molar-refractivity contribution in [2.75, 3.05) is 51.6 Å². The van der Waals surface area contributed by atoms with Gasteiger partial charge in [-0.1, -0.05) is 12.1 Å². The van der Waals surface area contributed by atoms with Gasteiger partial charge in [0.05, 0.1) is 0 Å². The number of hydrogen-bond acceptors (Lipinski definition) is 4.